The molecule has 1 saturated heterocycles. The van der Waals surface area contributed by atoms with Crippen molar-refractivity contribution >= 4 is 0 Å². The topological polar surface area (TPSA) is 66.4 Å². The van der Waals surface area contributed by atoms with Crippen molar-refractivity contribution in [3.8, 4) is 0 Å². The molecule has 0 atom stereocenters. The van der Waals surface area contributed by atoms with Crippen LogP contribution in [0.25, 0.3) is 0 Å². The fourth-order valence-corrected chi connectivity index (χ4v) is 0.127. The molecule has 6 nitrogen and oxygen atoms in total. The van der Waals surface area contributed by atoms with E-state index < -0.39 is 6.48 Å². The Labute approximate surface area is 37.8 Å². The van der Waals surface area contributed by atoms with Crippen LogP contribution in [0.5, 0.6) is 0 Å². The number of hydrogen-bond acceptors (Lipinski definition) is 6. The van der Waals surface area contributed by atoms with Crippen LogP contribution >= 0.6 is 0 Å². The van der Waals surface area contributed by atoms with E-state index in [-0.39, 0.29) is 0 Å². The molecular formula is CH2O6. The van der Waals surface area contributed by atoms with Gasteiger partial charge in [0.25, 0.3) is 0 Å². The highest BCUT2D eigenvalue weighted by Crippen LogP contribution is 1.99. The van der Waals surface area contributed by atoms with Crippen molar-refractivity contribution in [2.45, 2.75) is 6.48 Å². The third kappa shape index (κ3) is 1.35. The zero-order valence-electron chi connectivity index (χ0n) is 3.07. The van der Waals surface area contributed by atoms with E-state index in [0.29, 0.717) is 0 Å². The number of aliphatic hydroxyl groups excluding tert-OH is 1. The van der Waals surface area contributed by atoms with Gasteiger partial charge < -0.3 is 5.11 Å². The Kier molecular flexibility index (Phi) is 1.52. The monoisotopic (exact) mass is 110 g/mol. The average molecular weight is 110 g/mol. The first-order valence-electron chi connectivity index (χ1n) is 1.40. The highest BCUT2D eigenvalue weighted by atomic mass is 17.8. The molecule has 0 aromatic carbocycles. The van der Waals surface area contributed by atoms with Crippen molar-refractivity contribution in [2.75, 3.05) is 0 Å². The molecule has 1 fully saturated rings. The number of aliphatic hydroxyl groups is 1. The Morgan fingerprint density at radius 1 is 1.00 bits per heavy atom. The quantitative estimate of drug-likeness (QED) is 0.404. The van der Waals surface area contributed by atoms with Gasteiger partial charge in [-0.25, -0.2) is 0 Å². The summed E-state index contributed by atoms with van der Waals surface area (Å²) in [6.45, 7) is -1.53. The van der Waals surface area contributed by atoms with Crippen LogP contribution in [0.4, 0.5) is 0 Å². The van der Waals surface area contributed by atoms with E-state index in [1.54, 1.807) is 0 Å². The van der Waals surface area contributed by atoms with Crippen LogP contribution in [0, 0.1) is 0 Å². The second-order valence-electron chi connectivity index (χ2n) is 0.704. The van der Waals surface area contributed by atoms with Crippen molar-refractivity contribution in [2.24, 2.45) is 0 Å². The summed E-state index contributed by atoms with van der Waals surface area (Å²) in [6, 6.07) is 0. The first-order valence-corrected chi connectivity index (χ1v) is 1.40. The zero-order chi connectivity index (χ0) is 5.11. The standard InChI is InChI=1S/CH2O6/c2-1-3-5-7-6-4-1/h1-2H. The van der Waals surface area contributed by atoms with Crippen molar-refractivity contribution in [1.82, 2.24) is 0 Å². The molecule has 0 spiro atoms. The van der Waals surface area contributed by atoms with Gasteiger partial charge in [0, 0.05) is 0 Å². The maximum Gasteiger partial charge on any atom is 0.333 e. The van der Waals surface area contributed by atoms with E-state index in [4.69, 9.17) is 5.11 Å². The van der Waals surface area contributed by atoms with Gasteiger partial charge in [0.2, 0.25) is 0 Å². The zero-order valence-corrected chi connectivity index (χ0v) is 3.07. The van der Waals surface area contributed by atoms with Crippen LogP contribution in [0.2, 0.25) is 0 Å². The van der Waals surface area contributed by atoms with Gasteiger partial charge in [0.15, 0.2) is 0 Å². The Morgan fingerprint density at radius 3 is 1.86 bits per heavy atom. The highest BCUT2D eigenvalue weighted by molar-refractivity contribution is 3.91. The largest absolute Gasteiger partial charge is 0.342 e. The lowest BCUT2D eigenvalue weighted by atomic mass is 11.3. The molecule has 0 aliphatic carbocycles. The second-order valence-corrected chi connectivity index (χ2v) is 0.704. The average Bonchev–Trinajstić information content (AvgIpc) is 1.69. The lowest BCUT2D eigenvalue weighted by Gasteiger charge is -2.10. The molecule has 1 heterocycles. The summed E-state index contributed by atoms with van der Waals surface area (Å²) in [4.78, 5) is 7.53. The normalized spacial score (nSPS) is 25.3. The summed E-state index contributed by atoms with van der Waals surface area (Å²) in [5, 5.41) is 18.8. The molecule has 1 aliphatic heterocycles. The van der Waals surface area contributed by atoms with Crippen LogP contribution < -0.4 is 0 Å². The van der Waals surface area contributed by atoms with E-state index in [2.05, 4.69) is 24.9 Å². The minimum absolute atomic E-state index is 1.53. The van der Waals surface area contributed by atoms with Gasteiger partial charge in [0.1, 0.15) is 0 Å². The summed E-state index contributed by atoms with van der Waals surface area (Å²) in [5.41, 5.74) is 0. The highest BCUT2D eigenvalue weighted by Gasteiger charge is 2.13. The van der Waals surface area contributed by atoms with E-state index in [1.807, 2.05) is 0 Å². The molecule has 0 aromatic rings. The van der Waals surface area contributed by atoms with Gasteiger partial charge in [-0.15, -0.1) is 9.78 Å². The summed E-state index contributed by atoms with van der Waals surface area (Å²) in [6.07, 6.45) is 0. The Balaban J connectivity index is 2.12. The maximum atomic E-state index is 8.13. The molecule has 0 bridgehead atoms. The van der Waals surface area contributed by atoms with Crippen molar-refractivity contribution in [3.05, 3.63) is 0 Å². The van der Waals surface area contributed by atoms with Gasteiger partial charge >= 0.3 is 6.48 Å². The van der Waals surface area contributed by atoms with Gasteiger partial charge in [-0.2, -0.15) is 0 Å². The van der Waals surface area contributed by atoms with Crippen molar-refractivity contribution in [3.63, 3.8) is 0 Å². The fraction of sp³-hybridized carbons (Fsp3) is 1.00. The fourth-order valence-electron chi connectivity index (χ4n) is 0.127. The minimum Gasteiger partial charge on any atom is -0.342 e. The summed E-state index contributed by atoms with van der Waals surface area (Å²) >= 11 is 0. The van der Waals surface area contributed by atoms with Crippen LogP contribution in [-0.4, -0.2) is 11.6 Å². The molecule has 6 heteroatoms. The molecule has 0 amide bonds. The smallest absolute Gasteiger partial charge is 0.333 e. The van der Waals surface area contributed by atoms with E-state index in [0.717, 1.165) is 0 Å². The van der Waals surface area contributed by atoms with E-state index >= 15 is 0 Å². The van der Waals surface area contributed by atoms with Gasteiger partial charge in [-0.1, -0.05) is 0 Å². The van der Waals surface area contributed by atoms with Crippen LogP contribution in [0.3, 0.4) is 0 Å². The molecule has 1 N–H and O–H groups in total. The summed E-state index contributed by atoms with van der Waals surface area (Å²) < 4.78 is 0. The van der Waals surface area contributed by atoms with E-state index in [1.165, 1.54) is 0 Å². The molecule has 42 valence electrons. The third-order valence-electron chi connectivity index (χ3n) is 0.299. The molecule has 7 heavy (non-hydrogen) atoms. The lowest BCUT2D eigenvalue weighted by molar-refractivity contribution is -0.803. The molecule has 1 rings (SSSR count). The molecule has 0 radical (unpaired) electrons. The Morgan fingerprint density at radius 2 is 1.57 bits per heavy atom. The molecule has 1 aliphatic rings. The van der Waals surface area contributed by atoms with Gasteiger partial charge in [-0.05, 0) is 15.1 Å². The van der Waals surface area contributed by atoms with Crippen molar-refractivity contribution in [1.29, 1.82) is 0 Å². The minimum atomic E-state index is -1.53. The maximum absolute atomic E-state index is 8.13. The Bertz CT molecular complexity index is 46.1. The summed E-state index contributed by atoms with van der Waals surface area (Å²) in [5.74, 6) is 0. The SMILES string of the molecule is OC1OOOOO1. The third-order valence-corrected chi connectivity index (χ3v) is 0.299. The number of rotatable bonds is 0. The predicted octanol–water partition coefficient (Wildman–Crippen LogP) is -0.981. The molecular weight excluding hydrogens is 108 g/mol. The number of hydrogen-bond donors (Lipinski definition) is 1. The molecule has 0 aromatic heterocycles. The van der Waals surface area contributed by atoms with Crippen LogP contribution in [0.15, 0.2) is 0 Å². The Hall–Kier alpha value is -0.240. The van der Waals surface area contributed by atoms with Gasteiger partial charge in [-0.3, -0.25) is 0 Å². The van der Waals surface area contributed by atoms with Crippen LogP contribution in [-0.2, 0) is 24.9 Å². The lowest BCUT2D eigenvalue weighted by Crippen LogP contribution is -2.22. The van der Waals surface area contributed by atoms with Gasteiger partial charge in [0.05, 0.1) is 0 Å². The van der Waals surface area contributed by atoms with Crippen molar-refractivity contribution < 1.29 is 30.0 Å². The second kappa shape index (κ2) is 2.17. The molecule has 0 saturated carbocycles. The predicted molar refractivity (Wildman–Crippen MR) is 11.4 cm³/mol. The van der Waals surface area contributed by atoms with Crippen LogP contribution in [0.1, 0.15) is 0 Å². The van der Waals surface area contributed by atoms with E-state index in [9.17, 15) is 0 Å². The first-order chi connectivity index (χ1) is 3.39. The molecule has 0 unspecified atom stereocenters. The first kappa shape index (κ1) is 4.91. The summed E-state index contributed by atoms with van der Waals surface area (Å²) in [7, 11) is 0.